The number of hydrogen-bond acceptors (Lipinski definition) is 2. The largest absolute Gasteiger partial charge is 0.354 e. The molecule has 3 N–H and O–H groups in total. The van der Waals surface area contributed by atoms with Gasteiger partial charge < -0.3 is 11.1 Å². The van der Waals surface area contributed by atoms with Crippen molar-refractivity contribution in [3.05, 3.63) is 35.6 Å². The highest BCUT2D eigenvalue weighted by molar-refractivity contribution is 5.85. The standard InChI is InChI=1S/C15H21FN2O.ClH/c1-10(7-11-3-2-4-13(16)8-11)15(19)18-9-14(17)12-5-6-12;/h2-4,8,10,12,14H,5-7,9,17H2,1H3,(H,18,19);1H. The number of amides is 1. The summed E-state index contributed by atoms with van der Waals surface area (Å²) in [6.07, 6.45) is 2.90. The Morgan fingerprint density at radius 1 is 1.50 bits per heavy atom. The number of hydrogen-bond donors (Lipinski definition) is 2. The number of nitrogens with one attached hydrogen (secondary N) is 1. The van der Waals surface area contributed by atoms with Crippen molar-refractivity contribution in [2.24, 2.45) is 17.6 Å². The Morgan fingerprint density at radius 3 is 2.80 bits per heavy atom. The lowest BCUT2D eigenvalue weighted by Crippen LogP contribution is -2.41. The molecule has 1 saturated carbocycles. The number of halogens is 2. The van der Waals surface area contributed by atoms with Crippen LogP contribution in [-0.4, -0.2) is 18.5 Å². The van der Waals surface area contributed by atoms with E-state index in [0.717, 1.165) is 5.56 Å². The summed E-state index contributed by atoms with van der Waals surface area (Å²) in [5.41, 5.74) is 6.78. The van der Waals surface area contributed by atoms with Crippen molar-refractivity contribution in [3.63, 3.8) is 0 Å². The Labute approximate surface area is 125 Å². The molecule has 1 aliphatic rings. The van der Waals surface area contributed by atoms with Gasteiger partial charge in [-0.3, -0.25) is 4.79 Å². The van der Waals surface area contributed by atoms with Gasteiger partial charge in [0.1, 0.15) is 5.82 Å². The minimum atomic E-state index is -0.263. The molecule has 112 valence electrons. The summed E-state index contributed by atoms with van der Waals surface area (Å²) in [7, 11) is 0. The van der Waals surface area contributed by atoms with Gasteiger partial charge in [0.2, 0.25) is 5.91 Å². The minimum Gasteiger partial charge on any atom is -0.354 e. The van der Waals surface area contributed by atoms with Crippen molar-refractivity contribution < 1.29 is 9.18 Å². The smallest absolute Gasteiger partial charge is 0.223 e. The average molecular weight is 301 g/mol. The van der Waals surface area contributed by atoms with Gasteiger partial charge in [-0.05, 0) is 42.9 Å². The van der Waals surface area contributed by atoms with Crippen molar-refractivity contribution >= 4 is 18.3 Å². The molecule has 1 aromatic rings. The topological polar surface area (TPSA) is 55.1 Å². The summed E-state index contributed by atoms with van der Waals surface area (Å²) in [4.78, 5) is 11.9. The molecule has 0 radical (unpaired) electrons. The summed E-state index contributed by atoms with van der Waals surface area (Å²) in [5.74, 6) is 0.133. The van der Waals surface area contributed by atoms with Crippen LogP contribution in [0.4, 0.5) is 4.39 Å². The zero-order valence-electron chi connectivity index (χ0n) is 11.6. The summed E-state index contributed by atoms with van der Waals surface area (Å²) in [5, 5.41) is 2.88. The number of carbonyl (C=O) groups is 1. The first kappa shape index (κ1) is 16.9. The SMILES string of the molecule is CC(Cc1cccc(F)c1)C(=O)NCC(N)C1CC1.Cl. The fourth-order valence-corrected chi connectivity index (χ4v) is 2.19. The molecule has 1 aromatic carbocycles. The predicted molar refractivity (Wildman–Crippen MR) is 80.2 cm³/mol. The lowest BCUT2D eigenvalue weighted by Gasteiger charge is -2.15. The second kappa shape index (κ2) is 7.60. The second-order valence-corrected chi connectivity index (χ2v) is 5.48. The van der Waals surface area contributed by atoms with Crippen LogP contribution >= 0.6 is 12.4 Å². The van der Waals surface area contributed by atoms with Gasteiger partial charge in [0, 0.05) is 18.5 Å². The molecular weight excluding hydrogens is 279 g/mol. The van der Waals surface area contributed by atoms with Crippen molar-refractivity contribution in [2.75, 3.05) is 6.54 Å². The number of nitrogens with two attached hydrogens (primary N) is 1. The van der Waals surface area contributed by atoms with Gasteiger partial charge in [0.15, 0.2) is 0 Å². The van der Waals surface area contributed by atoms with Gasteiger partial charge in [-0.15, -0.1) is 12.4 Å². The zero-order chi connectivity index (χ0) is 13.8. The van der Waals surface area contributed by atoms with Crippen LogP contribution in [0.3, 0.4) is 0 Å². The molecule has 2 unspecified atom stereocenters. The van der Waals surface area contributed by atoms with E-state index in [2.05, 4.69) is 5.32 Å². The highest BCUT2D eigenvalue weighted by Crippen LogP contribution is 2.31. The highest BCUT2D eigenvalue weighted by Gasteiger charge is 2.28. The van der Waals surface area contributed by atoms with E-state index in [1.165, 1.54) is 25.0 Å². The molecule has 5 heteroatoms. The molecule has 0 heterocycles. The van der Waals surface area contributed by atoms with Gasteiger partial charge in [-0.25, -0.2) is 4.39 Å². The fourth-order valence-electron chi connectivity index (χ4n) is 2.19. The van der Waals surface area contributed by atoms with Crippen LogP contribution in [0.25, 0.3) is 0 Å². The molecule has 1 fully saturated rings. The first-order valence-corrected chi connectivity index (χ1v) is 6.84. The van der Waals surface area contributed by atoms with E-state index < -0.39 is 0 Å². The molecule has 1 aliphatic carbocycles. The molecule has 2 atom stereocenters. The van der Waals surface area contributed by atoms with Crippen LogP contribution in [0, 0.1) is 17.7 Å². The maximum absolute atomic E-state index is 13.1. The van der Waals surface area contributed by atoms with Gasteiger partial charge >= 0.3 is 0 Å². The molecule has 20 heavy (non-hydrogen) atoms. The Balaban J connectivity index is 0.00000200. The molecule has 0 bridgehead atoms. The van der Waals surface area contributed by atoms with E-state index in [-0.39, 0.29) is 36.1 Å². The maximum atomic E-state index is 13.1. The molecule has 3 nitrogen and oxygen atoms in total. The van der Waals surface area contributed by atoms with E-state index in [9.17, 15) is 9.18 Å². The number of benzene rings is 1. The second-order valence-electron chi connectivity index (χ2n) is 5.48. The van der Waals surface area contributed by atoms with Gasteiger partial charge in [-0.2, -0.15) is 0 Å². The summed E-state index contributed by atoms with van der Waals surface area (Å²) in [6, 6.07) is 6.45. The first-order valence-electron chi connectivity index (χ1n) is 6.84. The summed E-state index contributed by atoms with van der Waals surface area (Å²) >= 11 is 0. The molecule has 0 aliphatic heterocycles. The predicted octanol–water partition coefficient (Wildman–Crippen LogP) is 2.28. The van der Waals surface area contributed by atoms with Gasteiger partial charge in [0.05, 0.1) is 0 Å². The molecular formula is C15H22ClFN2O. The fraction of sp³-hybridized carbons (Fsp3) is 0.533. The van der Waals surface area contributed by atoms with Crippen molar-refractivity contribution in [1.82, 2.24) is 5.32 Å². The highest BCUT2D eigenvalue weighted by atomic mass is 35.5. The maximum Gasteiger partial charge on any atom is 0.223 e. The summed E-state index contributed by atoms with van der Waals surface area (Å²) < 4.78 is 13.1. The van der Waals surface area contributed by atoms with E-state index in [0.29, 0.717) is 18.9 Å². The number of rotatable bonds is 6. The Bertz CT molecular complexity index is 451. The normalized spacial score (nSPS) is 16.9. The van der Waals surface area contributed by atoms with Crippen LogP contribution in [-0.2, 0) is 11.2 Å². The molecule has 0 aromatic heterocycles. The van der Waals surface area contributed by atoms with Gasteiger partial charge in [-0.1, -0.05) is 19.1 Å². The third-order valence-electron chi connectivity index (χ3n) is 3.62. The van der Waals surface area contributed by atoms with E-state index in [4.69, 9.17) is 5.73 Å². The third kappa shape index (κ3) is 5.10. The minimum absolute atomic E-state index is 0. The number of carbonyl (C=O) groups excluding carboxylic acids is 1. The molecule has 0 saturated heterocycles. The van der Waals surface area contributed by atoms with Crippen LogP contribution < -0.4 is 11.1 Å². The van der Waals surface area contributed by atoms with E-state index in [1.807, 2.05) is 13.0 Å². The van der Waals surface area contributed by atoms with Crippen LogP contribution in [0.5, 0.6) is 0 Å². The van der Waals surface area contributed by atoms with E-state index >= 15 is 0 Å². The van der Waals surface area contributed by atoms with Crippen molar-refractivity contribution in [3.8, 4) is 0 Å². The average Bonchev–Trinajstić information content (AvgIpc) is 3.19. The van der Waals surface area contributed by atoms with Crippen LogP contribution in [0.1, 0.15) is 25.3 Å². The Hall–Kier alpha value is -1.13. The first-order chi connectivity index (χ1) is 9.06. The van der Waals surface area contributed by atoms with Crippen LogP contribution in [0.2, 0.25) is 0 Å². The quantitative estimate of drug-likeness (QED) is 0.847. The molecule has 0 spiro atoms. The van der Waals surface area contributed by atoms with Crippen LogP contribution in [0.15, 0.2) is 24.3 Å². The Morgan fingerprint density at radius 2 is 2.20 bits per heavy atom. The zero-order valence-corrected chi connectivity index (χ0v) is 12.5. The monoisotopic (exact) mass is 300 g/mol. The lowest BCUT2D eigenvalue weighted by molar-refractivity contribution is -0.124. The summed E-state index contributed by atoms with van der Waals surface area (Å²) in [6.45, 7) is 2.39. The third-order valence-corrected chi connectivity index (χ3v) is 3.62. The van der Waals surface area contributed by atoms with E-state index in [1.54, 1.807) is 6.07 Å². The Kier molecular flexibility index (Phi) is 6.43. The van der Waals surface area contributed by atoms with Crippen molar-refractivity contribution in [2.45, 2.75) is 32.2 Å². The lowest BCUT2D eigenvalue weighted by atomic mass is 10.00. The molecule has 2 rings (SSSR count). The van der Waals surface area contributed by atoms with Crippen molar-refractivity contribution in [1.29, 1.82) is 0 Å². The molecule has 1 amide bonds. The van der Waals surface area contributed by atoms with Gasteiger partial charge in [0.25, 0.3) is 0 Å².